The number of halogens is 1. The van der Waals surface area contributed by atoms with Gasteiger partial charge in [-0.1, -0.05) is 18.2 Å². The molecule has 2 amide bonds. The Labute approximate surface area is 169 Å². The molecule has 2 aromatic rings. The van der Waals surface area contributed by atoms with E-state index in [1.165, 1.54) is 6.07 Å². The number of hydrogen-bond acceptors (Lipinski definition) is 4. The number of benzene rings is 1. The molecule has 152 valence electrons. The molecule has 2 aliphatic heterocycles. The van der Waals surface area contributed by atoms with Gasteiger partial charge >= 0.3 is 0 Å². The Morgan fingerprint density at radius 3 is 2.83 bits per heavy atom. The number of amides is 2. The van der Waals surface area contributed by atoms with E-state index in [-0.39, 0.29) is 30.0 Å². The van der Waals surface area contributed by atoms with Crippen LogP contribution in [0.3, 0.4) is 0 Å². The number of nitrogens with zero attached hydrogens (tertiary/aromatic N) is 4. The summed E-state index contributed by atoms with van der Waals surface area (Å²) in [6.45, 7) is 4.06. The van der Waals surface area contributed by atoms with Crippen LogP contribution in [0, 0.1) is 5.82 Å². The lowest BCUT2D eigenvalue weighted by molar-refractivity contribution is -0.132. The van der Waals surface area contributed by atoms with Crippen molar-refractivity contribution in [3.05, 3.63) is 58.9 Å². The first-order chi connectivity index (χ1) is 14.0. The Kier molecular flexibility index (Phi) is 5.56. The van der Waals surface area contributed by atoms with E-state index in [2.05, 4.69) is 4.98 Å². The van der Waals surface area contributed by atoms with Gasteiger partial charge in [-0.05, 0) is 24.5 Å². The van der Waals surface area contributed by atoms with E-state index < -0.39 is 0 Å². The molecular weight excluding hydrogens is 371 g/mol. The smallest absolute Gasteiger partial charge is 0.227 e. The Morgan fingerprint density at radius 2 is 2.03 bits per heavy atom. The van der Waals surface area contributed by atoms with Crippen LogP contribution in [0.25, 0.3) is 0 Å². The van der Waals surface area contributed by atoms with Gasteiger partial charge in [-0.2, -0.15) is 0 Å². The van der Waals surface area contributed by atoms with Crippen molar-refractivity contribution in [1.82, 2.24) is 19.8 Å². The van der Waals surface area contributed by atoms with Gasteiger partial charge in [0, 0.05) is 57.2 Å². The van der Waals surface area contributed by atoms with Crippen molar-refractivity contribution in [3.63, 3.8) is 0 Å². The molecule has 2 aliphatic rings. The van der Waals surface area contributed by atoms with Crippen LogP contribution in [-0.4, -0.2) is 51.2 Å². The largest absolute Gasteiger partial charge is 0.342 e. The van der Waals surface area contributed by atoms with Gasteiger partial charge in [-0.15, -0.1) is 0 Å². The lowest BCUT2D eigenvalue weighted by atomic mass is 9.95. The Hall–Kier alpha value is -2.83. The Balaban J connectivity index is 1.44. The molecule has 29 heavy (non-hydrogen) atoms. The van der Waals surface area contributed by atoms with Crippen LogP contribution < -0.4 is 0 Å². The molecule has 7 heteroatoms. The van der Waals surface area contributed by atoms with Crippen LogP contribution in [0.1, 0.15) is 48.3 Å². The second-order valence-electron chi connectivity index (χ2n) is 7.84. The van der Waals surface area contributed by atoms with Gasteiger partial charge in [0.25, 0.3) is 0 Å². The lowest BCUT2D eigenvalue weighted by Crippen LogP contribution is -2.40. The maximum Gasteiger partial charge on any atom is 0.227 e. The molecule has 0 saturated carbocycles. The summed E-state index contributed by atoms with van der Waals surface area (Å²) in [5.74, 6) is 0.519. The molecule has 0 N–H and O–H groups in total. The minimum absolute atomic E-state index is 0.0603. The predicted molar refractivity (Wildman–Crippen MR) is 105 cm³/mol. The van der Waals surface area contributed by atoms with Crippen LogP contribution in [0.2, 0.25) is 0 Å². The molecule has 1 aromatic carbocycles. The zero-order valence-corrected chi connectivity index (χ0v) is 16.6. The van der Waals surface area contributed by atoms with Gasteiger partial charge < -0.3 is 9.80 Å². The van der Waals surface area contributed by atoms with E-state index in [1.54, 1.807) is 34.9 Å². The van der Waals surface area contributed by atoms with Crippen LogP contribution in [0.5, 0.6) is 0 Å². The van der Waals surface area contributed by atoms with Gasteiger partial charge in [0.05, 0.1) is 12.1 Å². The maximum atomic E-state index is 13.9. The highest BCUT2D eigenvalue weighted by atomic mass is 19.1. The van der Waals surface area contributed by atoms with Crippen molar-refractivity contribution >= 4 is 11.8 Å². The first-order valence-corrected chi connectivity index (χ1v) is 10.1. The molecular formula is C22H25FN4O2. The van der Waals surface area contributed by atoms with Crippen LogP contribution in [-0.2, 0) is 29.0 Å². The monoisotopic (exact) mass is 396 g/mol. The van der Waals surface area contributed by atoms with Gasteiger partial charge in [0.1, 0.15) is 11.6 Å². The minimum Gasteiger partial charge on any atom is -0.342 e. The average molecular weight is 396 g/mol. The molecule has 1 atom stereocenters. The summed E-state index contributed by atoms with van der Waals surface area (Å²) < 4.78 is 13.9. The summed E-state index contributed by atoms with van der Waals surface area (Å²) in [5, 5.41) is 0. The molecule has 0 aliphatic carbocycles. The van der Waals surface area contributed by atoms with Gasteiger partial charge in [-0.25, -0.2) is 14.4 Å². The number of rotatable bonds is 3. The molecule has 0 spiro atoms. The number of fused-ring (bicyclic) bond motifs is 1. The average Bonchev–Trinajstić information content (AvgIpc) is 2.74. The summed E-state index contributed by atoms with van der Waals surface area (Å²) in [4.78, 5) is 37.2. The fourth-order valence-electron chi connectivity index (χ4n) is 4.13. The first-order valence-electron chi connectivity index (χ1n) is 10.1. The number of aromatic nitrogens is 2. The molecule has 6 nitrogen and oxygen atoms in total. The molecule has 0 unspecified atom stereocenters. The van der Waals surface area contributed by atoms with E-state index in [1.807, 2.05) is 6.20 Å². The van der Waals surface area contributed by atoms with Crippen molar-refractivity contribution in [3.8, 4) is 0 Å². The molecule has 0 bridgehead atoms. The third-order valence-corrected chi connectivity index (χ3v) is 5.84. The topological polar surface area (TPSA) is 66.4 Å². The predicted octanol–water partition coefficient (Wildman–Crippen LogP) is 2.47. The van der Waals surface area contributed by atoms with E-state index in [9.17, 15) is 14.0 Å². The Morgan fingerprint density at radius 1 is 1.21 bits per heavy atom. The fraction of sp³-hybridized carbons (Fsp3) is 0.455. The fourth-order valence-corrected chi connectivity index (χ4v) is 4.13. The van der Waals surface area contributed by atoms with Gasteiger partial charge in [0.15, 0.2) is 0 Å². The highest BCUT2D eigenvalue weighted by Gasteiger charge is 2.28. The molecule has 1 fully saturated rings. The quantitative estimate of drug-likeness (QED) is 0.800. The second-order valence-corrected chi connectivity index (χ2v) is 7.84. The number of piperidine rings is 1. The van der Waals surface area contributed by atoms with Crippen LogP contribution in [0.15, 0.2) is 30.5 Å². The highest BCUT2D eigenvalue weighted by molar-refractivity contribution is 5.79. The van der Waals surface area contributed by atoms with E-state index in [0.717, 1.165) is 36.3 Å². The molecule has 0 radical (unpaired) electrons. The maximum absolute atomic E-state index is 13.9. The molecule has 3 heterocycles. The van der Waals surface area contributed by atoms with Gasteiger partial charge in [-0.3, -0.25) is 9.59 Å². The third kappa shape index (κ3) is 4.28. The molecule has 1 aromatic heterocycles. The summed E-state index contributed by atoms with van der Waals surface area (Å²) in [5.41, 5.74) is 2.43. The van der Waals surface area contributed by atoms with Crippen molar-refractivity contribution < 1.29 is 14.0 Å². The number of likely N-dealkylation sites (tertiary alicyclic amines) is 1. The van der Waals surface area contributed by atoms with E-state index in [4.69, 9.17) is 4.98 Å². The zero-order chi connectivity index (χ0) is 20.4. The normalized spacial score (nSPS) is 19.0. The van der Waals surface area contributed by atoms with Crippen molar-refractivity contribution in [2.24, 2.45) is 0 Å². The SMILES string of the molecule is CC(=O)N1CCc2nc([C@H]3CCCN(C(=O)Cc4ccccc4F)C3)ncc2C1. The Bertz CT molecular complexity index is 933. The lowest BCUT2D eigenvalue weighted by Gasteiger charge is -2.33. The third-order valence-electron chi connectivity index (χ3n) is 5.84. The summed E-state index contributed by atoms with van der Waals surface area (Å²) in [6.07, 6.45) is 4.44. The van der Waals surface area contributed by atoms with Crippen LogP contribution in [0.4, 0.5) is 4.39 Å². The van der Waals surface area contributed by atoms with Crippen LogP contribution >= 0.6 is 0 Å². The minimum atomic E-state index is -0.341. The highest BCUT2D eigenvalue weighted by Crippen LogP contribution is 2.27. The number of carbonyl (C=O) groups excluding carboxylic acids is 2. The van der Waals surface area contributed by atoms with Crippen molar-refractivity contribution in [2.45, 2.75) is 45.1 Å². The summed E-state index contributed by atoms with van der Waals surface area (Å²) >= 11 is 0. The van der Waals surface area contributed by atoms with Crippen molar-refractivity contribution in [2.75, 3.05) is 19.6 Å². The summed E-state index contributed by atoms with van der Waals surface area (Å²) in [7, 11) is 0. The number of hydrogen-bond donors (Lipinski definition) is 0. The van der Waals surface area contributed by atoms with E-state index in [0.29, 0.717) is 31.7 Å². The standard InChI is InChI=1S/C22H25FN4O2/c1-15(28)26-10-8-20-18(14-26)12-24-22(25-20)17-6-4-9-27(13-17)21(29)11-16-5-2-3-7-19(16)23/h2-3,5,7,12,17H,4,6,8-11,13-14H2,1H3/t17-/m0/s1. The second kappa shape index (κ2) is 8.27. The molecule has 4 rings (SSSR count). The van der Waals surface area contributed by atoms with E-state index >= 15 is 0 Å². The zero-order valence-electron chi connectivity index (χ0n) is 16.6. The molecule has 1 saturated heterocycles. The number of carbonyl (C=O) groups is 2. The summed E-state index contributed by atoms with van der Waals surface area (Å²) in [6, 6.07) is 6.42. The van der Waals surface area contributed by atoms with Crippen molar-refractivity contribution in [1.29, 1.82) is 0 Å². The first kappa shape index (κ1) is 19.5. The van der Waals surface area contributed by atoms with Gasteiger partial charge in [0.2, 0.25) is 11.8 Å².